The summed E-state index contributed by atoms with van der Waals surface area (Å²) in [5.41, 5.74) is 0.852. The van der Waals surface area contributed by atoms with Gasteiger partial charge in [-0.3, -0.25) is 9.59 Å². The smallest absolute Gasteiger partial charge is 0.318 e. The third-order valence-corrected chi connectivity index (χ3v) is 3.57. The number of rotatable bonds is 5. The number of thioether (sulfide) groups is 1. The molecule has 0 radical (unpaired) electrons. The molecule has 0 heterocycles. The van der Waals surface area contributed by atoms with Crippen molar-refractivity contribution in [2.45, 2.75) is 23.5 Å². The zero-order valence-electron chi connectivity index (χ0n) is 10.6. The predicted octanol–water partition coefficient (Wildman–Crippen LogP) is 2.06. The summed E-state index contributed by atoms with van der Waals surface area (Å²) in [7, 11) is 2.72. The maximum atomic E-state index is 11.4. The van der Waals surface area contributed by atoms with Gasteiger partial charge in [-0.2, -0.15) is 0 Å². The maximum Gasteiger partial charge on any atom is 0.318 e. The Labute approximate surface area is 111 Å². The first-order valence-electron chi connectivity index (χ1n) is 5.47. The van der Waals surface area contributed by atoms with Crippen molar-refractivity contribution in [2.75, 3.05) is 14.2 Å². The first-order chi connectivity index (χ1) is 8.58. The molecule has 1 aromatic rings. The van der Waals surface area contributed by atoms with E-state index in [1.807, 2.05) is 24.3 Å². The first kappa shape index (κ1) is 14.6. The van der Waals surface area contributed by atoms with Crippen LogP contribution < -0.4 is 0 Å². The molecule has 0 saturated heterocycles. The first-order valence-corrected chi connectivity index (χ1v) is 6.35. The summed E-state index contributed by atoms with van der Waals surface area (Å²) in [5.74, 6) is -0.582. The van der Waals surface area contributed by atoms with Gasteiger partial charge in [0.15, 0.2) is 0 Å². The number of benzene rings is 1. The SMILES string of the molecule is COC(=O)Cc1ccccc1SC(C)C(=O)OC. The lowest BCUT2D eigenvalue weighted by molar-refractivity contribution is -0.140. The Morgan fingerprint density at radius 1 is 1.22 bits per heavy atom. The van der Waals surface area contributed by atoms with Gasteiger partial charge in [0, 0.05) is 4.90 Å². The highest BCUT2D eigenvalue weighted by atomic mass is 32.2. The Kier molecular flexibility index (Phi) is 5.71. The largest absolute Gasteiger partial charge is 0.469 e. The van der Waals surface area contributed by atoms with Gasteiger partial charge in [0.1, 0.15) is 5.25 Å². The van der Waals surface area contributed by atoms with E-state index in [1.165, 1.54) is 26.0 Å². The molecule has 98 valence electrons. The van der Waals surface area contributed by atoms with Gasteiger partial charge in [-0.15, -0.1) is 11.8 Å². The molecular formula is C13H16O4S. The third-order valence-electron chi connectivity index (χ3n) is 2.37. The van der Waals surface area contributed by atoms with Gasteiger partial charge in [-0.05, 0) is 18.6 Å². The summed E-state index contributed by atoms with van der Waals surface area (Å²) < 4.78 is 9.32. The zero-order valence-corrected chi connectivity index (χ0v) is 11.5. The highest BCUT2D eigenvalue weighted by molar-refractivity contribution is 8.00. The van der Waals surface area contributed by atoms with Crippen molar-refractivity contribution in [3.8, 4) is 0 Å². The van der Waals surface area contributed by atoms with Gasteiger partial charge in [-0.1, -0.05) is 18.2 Å². The van der Waals surface area contributed by atoms with Crippen LogP contribution in [0.2, 0.25) is 0 Å². The number of ether oxygens (including phenoxy) is 2. The molecule has 18 heavy (non-hydrogen) atoms. The Morgan fingerprint density at radius 2 is 1.89 bits per heavy atom. The Hall–Kier alpha value is -1.49. The van der Waals surface area contributed by atoms with E-state index in [4.69, 9.17) is 0 Å². The maximum absolute atomic E-state index is 11.4. The molecule has 4 nitrogen and oxygen atoms in total. The van der Waals surface area contributed by atoms with Crippen molar-refractivity contribution < 1.29 is 19.1 Å². The molecule has 0 aliphatic heterocycles. The Morgan fingerprint density at radius 3 is 2.50 bits per heavy atom. The van der Waals surface area contributed by atoms with Crippen molar-refractivity contribution in [2.24, 2.45) is 0 Å². The molecule has 1 aromatic carbocycles. The van der Waals surface area contributed by atoms with E-state index >= 15 is 0 Å². The van der Waals surface area contributed by atoms with E-state index in [2.05, 4.69) is 9.47 Å². The lowest BCUT2D eigenvalue weighted by atomic mass is 10.1. The molecule has 0 spiro atoms. The summed E-state index contributed by atoms with van der Waals surface area (Å²) in [6.45, 7) is 1.77. The topological polar surface area (TPSA) is 52.6 Å². The highest BCUT2D eigenvalue weighted by Crippen LogP contribution is 2.27. The third kappa shape index (κ3) is 4.07. The van der Waals surface area contributed by atoms with Gasteiger partial charge in [-0.25, -0.2) is 0 Å². The minimum absolute atomic E-state index is 0.202. The number of carbonyl (C=O) groups excluding carboxylic acids is 2. The molecule has 0 aliphatic rings. The van der Waals surface area contributed by atoms with Crippen LogP contribution in [0, 0.1) is 0 Å². The fraction of sp³-hybridized carbons (Fsp3) is 0.385. The average molecular weight is 268 g/mol. The predicted molar refractivity (Wildman–Crippen MR) is 69.5 cm³/mol. The van der Waals surface area contributed by atoms with Crippen LogP contribution in [0.15, 0.2) is 29.2 Å². The van der Waals surface area contributed by atoms with Gasteiger partial charge in [0.2, 0.25) is 0 Å². The van der Waals surface area contributed by atoms with E-state index in [1.54, 1.807) is 6.92 Å². The second-order valence-electron chi connectivity index (χ2n) is 3.64. The van der Waals surface area contributed by atoms with E-state index in [-0.39, 0.29) is 23.6 Å². The van der Waals surface area contributed by atoms with Gasteiger partial charge in [0.05, 0.1) is 20.6 Å². The number of methoxy groups -OCH3 is 2. The molecule has 0 amide bonds. The molecule has 0 fully saturated rings. The standard InChI is InChI=1S/C13H16O4S/c1-9(13(15)17-3)18-11-7-5-4-6-10(11)8-12(14)16-2/h4-7,9H,8H2,1-3H3. The summed E-state index contributed by atoms with van der Waals surface area (Å²) in [6, 6.07) is 7.45. The number of carbonyl (C=O) groups is 2. The van der Waals surface area contributed by atoms with Crippen LogP contribution in [0.5, 0.6) is 0 Å². The molecule has 0 aromatic heterocycles. The average Bonchev–Trinajstić information content (AvgIpc) is 2.39. The monoisotopic (exact) mass is 268 g/mol. The van der Waals surface area contributed by atoms with Crippen molar-refractivity contribution >= 4 is 23.7 Å². The Bertz CT molecular complexity index is 431. The van der Waals surface area contributed by atoms with Crippen molar-refractivity contribution in [1.82, 2.24) is 0 Å². The van der Waals surface area contributed by atoms with Crippen LogP contribution >= 0.6 is 11.8 Å². The summed E-state index contributed by atoms with van der Waals surface area (Å²) >= 11 is 1.37. The van der Waals surface area contributed by atoms with E-state index in [0.29, 0.717) is 0 Å². The van der Waals surface area contributed by atoms with Crippen LogP contribution in [0.4, 0.5) is 0 Å². The second kappa shape index (κ2) is 7.06. The summed E-state index contributed by atoms with van der Waals surface area (Å²) in [5, 5.41) is -0.311. The van der Waals surface area contributed by atoms with Crippen LogP contribution in [-0.4, -0.2) is 31.4 Å². The van der Waals surface area contributed by atoms with E-state index in [0.717, 1.165) is 10.5 Å². The highest BCUT2D eigenvalue weighted by Gasteiger charge is 2.17. The molecule has 0 bridgehead atoms. The normalized spacial score (nSPS) is 11.7. The van der Waals surface area contributed by atoms with Crippen LogP contribution in [0.1, 0.15) is 12.5 Å². The number of esters is 2. The minimum atomic E-state index is -0.311. The van der Waals surface area contributed by atoms with E-state index in [9.17, 15) is 9.59 Å². The molecule has 1 rings (SSSR count). The van der Waals surface area contributed by atoms with Crippen LogP contribution in [0.3, 0.4) is 0 Å². The van der Waals surface area contributed by atoms with Gasteiger partial charge >= 0.3 is 11.9 Å². The van der Waals surface area contributed by atoms with Crippen molar-refractivity contribution in [3.05, 3.63) is 29.8 Å². The lowest BCUT2D eigenvalue weighted by Crippen LogP contribution is -2.15. The van der Waals surface area contributed by atoms with Gasteiger partial charge in [0.25, 0.3) is 0 Å². The van der Waals surface area contributed by atoms with E-state index < -0.39 is 0 Å². The van der Waals surface area contributed by atoms with Crippen LogP contribution in [0.25, 0.3) is 0 Å². The van der Waals surface area contributed by atoms with Crippen LogP contribution in [-0.2, 0) is 25.5 Å². The zero-order chi connectivity index (χ0) is 13.5. The molecule has 5 heteroatoms. The van der Waals surface area contributed by atoms with Crippen molar-refractivity contribution in [1.29, 1.82) is 0 Å². The summed E-state index contributed by atoms with van der Waals surface area (Å²) in [6.07, 6.45) is 0.202. The fourth-order valence-electron chi connectivity index (χ4n) is 1.40. The molecule has 0 aliphatic carbocycles. The minimum Gasteiger partial charge on any atom is -0.469 e. The Balaban J connectivity index is 2.82. The molecule has 0 N–H and O–H groups in total. The fourth-order valence-corrected chi connectivity index (χ4v) is 2.42. The molecular weight excluding hydrogens is 252 g/mol. The number of hydrogen-bond acceptors (Lipinski definition) is 5. The van der Waals surface area contributed by atoms with Crippen molar-refractivity contribution in [3.63, 3.8) is 0 Å². The lowest BCUT2D eigenvalue weighted by Gasteiger charge is -2.12. The molecule has 1 unspecified atom stereocenters. The number of hydrogen-bond donors (Lipinski definition) is 0. The molecule has 1 atom stereocenters. The summed E-state index contributed by atoms with van der Waals surface area (Å²) in [4.78, 5) is 23.5. The molecule has 0 saturated carbocycles. The van der Waals surface area contributed by atoms with Gasteiger partial charge < -0.3 is 9.47 Å². The second-order valence-corrected chi connectivity index (χ2v) is 5.03. The quantitative estimate of drug-likeness (QED) is 0.604.